The zero-order chi connectivity index (χ0) is 15.1. The fourth-order valence-corrected chi connectivity index (χ4v) is 2.03. The van der Waals surface area contributed by atoms with Crippen LogP contribution in [0.5, 0.6) is 11.5 Å². The number of ether oxygens (including phenoxy) is 2. The normalized spacial score (nSPS) is 10.6. The van der Waals surface area contributed by atoms with Crippen LogP contribution >= 0.6 is 0 Å². The van der Waals surface area contributed by atoms with Gasteiger partial charge in [0.25, 0.3) is 0 Å². The van der Waals surface area contributed by atoms with Crippen LogP contribution in [0.3, 0.4) is 0 Å². The Labute approximate surface area is 126 Å². The Kier molecular flexibility index (Phi) is 5.69. The van der Waals surface area contributed by atoms with Crippen LogP contribution in [0, 0.1) is 6.92 Å². The zero-order valence-corrected chi connectivity index (χ0v) is 12.9. The maximum atomic E-state index is 5.79. The molecule has 2 aromatic rings. The van der Waals surface area contributed by atoms with Crippen LogP contribution in [-0.2, 0) is 13.2 Å². The topological polar surface area (TPSA) is 43.6 Å². The molecule has 2 rings (SSSR count). The van der Waals surface area contributed by atoms with Crippen molar-refractivity contribution in [2.45, 2.75) is 33.9 Å². The van der Waals surface area contributed by atoms with Crippen LogP contribution in [-0.4, -0.2) is 13.2 Å². The molecular formula is C17H23NO3. The second kappa shape index (κ2) is 7.74. The molecule has 0 bridgehead atoms. The third-order valence-electron chi connectivity index (χ3n) is 3.12. The standard InChI is InChI=1S/C17H23NO3/c1-4-18-11-17-13(3)10-16(21-17)12-20-15-8-6-14(7-9-15)19-5-2/h6-10,18H,4-5,11-12H2,1-3H3. The summed E-state index contributed by atoms with van der Waals surface area (Å²) in [4.78, 5) is 0. The minimum atomic E-state index is 0.431. The quantitative estimate of drug-likeness (QED) is 0.805. The van der Waals surface area contributed by atoms with Gasteiger partial charge in [-0.1, -0.05) is 6.92 Å². The molecule has 0 aliphatic heterocycles. The molecule has 21 heavy (non-hydrogen) atoms. The number of aryl methyl sites for hydroxylation is 1. The van der Waals surface area contributed by atoms with Crippen LogP contribution in [0.15, 0.2) is 34.7 Å². The lowest BCUT2D eigenvalue weighted by atomic mass is 10.2. The predicted octanol–water partition coefficient (Wildman–Crippen LogP) is 3.68. The van der Waals surface area contributed by atoms with E-state index in [9.17, 15) is 0 Å². The van der Waals surface area contributed by atoms with E-state index in [4.69, 9.17) is 13.9 Å². The van der Waals surface area contributed by atoms with Gasteiger partial charge in [-0.2, -0.15) is 0 Å². The fraction of sp³-hybridized carbons (Fsp3) is 0.412. The Morgan fingerprint density at radius 1 is 1.05 bits per heavy atom. The Balaban J connectivity index is 1.90. The van der Waals surface area contributed by atoms with E-state index >= 15 is 0 Å². The van der Waals surface area contributed by atoms with Crippen LogP contribution < -0.4 is 14.8 Å². The molecule has 0 radical (unpaired) electrons. The van der Waals surface area contributed by atoms with E-state index in [2.05, 4.69) is 19.2 Å². The minimum absolute atomic E-state index is 0.431. The third-order valence-corrected chi connectivity index (χ3v) is 3.12. The molecule has 0 amide bonds. The Morgan fingerprint density at radius 3 is 2.33 bits per heavy atom. The molecule has 0 aliphatic rings. The molecule has 0 aliphatic carbocycles. The molecule has 1 heterocycles. The number of hydrogen-bond acceptors (Lipinski definition) is 4. The lowest BCUT2D eigenvalue weighted by Crippen LogP contribution is -2.11. The van der Waals surface area contributed by atoms with Gasteiger partial charge in [0.15, 0.2) is 0 Å². The number of nitrogens with one attached hydrogen (secondary N) is 1. The predicted molar refractivity (Wildman–Crippen MR) is 82.8 cm³/mol. The monoisotopic (exact) mass is 289 g/mol. The molecule has 0 fully saturated rings. The summed E-state index contributed by atoms with van der Waals surface area (Å²) in [5, 5.41) is 3.26. The lowest BCUT2D eigenvalue weighted by molar-refractivity contribution is 0.264. The Morgan fingerprint density at radius 2 is 1.71 bits per heavy atom. The maximum absolute atomic E-state index is 5.79. The Bertz CT molecular complexity index is 546. The van der Waals surface area contributed by atoms with E-state index in [0.717, 1.165) is 41.7 Å². The van der Waals surface area contributed by atoms with Crippen LogP contribution in [0.25, 0.3) is 0 Å². The highest BCUT2D eigenvalue weighted by molar-refractivity contribution is 5.31. The summed E-state index contributed by atoms with van der Waals surface area (Å²) in [5.74, 6) is 3.48. The van der Waals surface area contributed by atoms with Crippen molar-refractivity contribution in [1.29, 1.82) is 0 Å². The average Bonchev–Trinajstić information content (AvgIpc) is 2.85. The molecule has 4 heteroatoms. The summed E-state index contributed by atoms with van der Waals surface area (Å²) in [6.45, 7) is 8.88. The summed E-state index contributed by atoms with van der Waals surface area (Å²) in [6, 6.07) is 9.65. The largest absolute Gasteiger partial charge is 0.494 e. The van der Waals surface area contributed by atoms with Crippen molar-refractivity contribution >= 4 is 0 Å². The van der Waals surface area contributed by atoms with Gasteiger partial charge in [-0.05, 0) is 56.3 Å². The van der Waals surface area contributed by atoms with Crippen molar-refractivity contribution in [2.24, 2.45) is 0 Å². The first kappa shape index (κ1) is 15.4. The fourth-order valence-electron chi connectivity index (χ4n) is 2.03. The van der Waals surface area contributed by atoms with Crippen LogP contribution in [0.1, 0.15) is 30.9 Å². The number of hydrogen-bond donors (Lipinski definition) is 1. The lowest BCUT2D eigenvalue weighted by Gasteiger charge is -2.06. The number of furan rings is 1. The highest BCUT2D eigenvalue weighted by atomic mass is 16.5. The summed E-state index contributed by atoms with van der Waals surface area (Å²) in [5.41, 5.74) is 1.15. The number of benzene rings is 1. The molecule has 0 spiro atoms. The van der Waals surface area contributed by atoms with Crippen LogP contribution in [0.4, 0.5) is 0 Å². The molecule has 0 saturated heterocycles. The van der Waals surface area contributed by atoms with Gasteiger partial charge in [0.2, 0.25) is 0 Å². The Hall–Kier alpha value is -1.94. The van der Waals surface area contributed by atoms with Gasteiger partial charge in [-0.25, -0.2) is 0 Å². The molecule has 1 aromatic carbocycles. The van der Waals surface area contributed by atoms with E-state index in [0.29, 0.717) is 13.2 Å². The SMILES string of the molecule is CCNCc1oc(COc2ccc(OCC)cc2)cc1C. The van der Waals surface area contributed by atoms with Crippen molar-refractivity contribution in [3.8, 4) is 11.5 Å². The average molecular weight is 289 g/mol. The smallest absolute Gasteiger partial charge is 0.146 e. The van der Waals surface area contributed by atoms with E-state index < -0.39 is 0 Å². The first-order valence-corrected chi connectivity index (χ1v) is 7.37. The second-order valence-corrected chi connectivity index (χ2v) is 4.79. The first-order valence-electron chi connectivity index (χ1n) is 7.37. The summed E-state index contributed by atoms with van der Waals surface area (Å²) < 4.78 is 16.9. The van der Waals surface area contributed by atoms with Gasteiger partial charge in [0.1, 0.15) is 29.6 Å². The molecule has 1 N–H and O–H groups in total. The van der Waals surface area contributed by atoms with E-state index in [1.165, 1.54) is 0 Å². The van der Waals surface area contributed by atoms with E-state index in [1.807, 2.05) is 37.3 Å². The van der Waals surface area contributed by atoms with Gasteiger partial charge in [-0.3, -0.25) is 0 Å². The highest BCUT2D eigenvalue weighted by Crippen LogP contribution is 2.20. The van der Waals surface area contributed by atoms with Crippen molar-refractivity contribution in [3.05, 3.63) is 47.4 Å². The molecule has 0 unspecified atom stereocenters. The van der Waals surface area contributed by atoms with Crippen molar-refractivity contribution in [1.82, 2.24) is 5.32 Å². The van der Waals surface area contributed by atoms with Gasteiger partial charge < -0.3 is 19.2 Å². The molecule has 1 aromatic heterocycles. The zero-order valence-electron chi connectivity index (χ0n) is 12.9. The molecule has 0 saturated carbocycles. The van der Waals surface area contributed by atoms with E-state index in [1.54, 1.807) is 0 Å². The molecular weight excluding hydrogens is 266 g/mol. The first-order chi connectivity index (χ1) is 10.2. The minimum Gasteiger partial charge on any atom is -0.494 e. The third kappa shape index (κ3) is 4.53. The summed E-state index contributed by atoms with van der Waals surface area (Å²) in [7, 11) is 0. The van der Waals surface area contributed by atoms with Crippen LogP contribution in [0.2, 0.25) is 0 Å². The summed E-state index contributed by atoms with van der Waals surface area (Å²) in [6.07, 6.45) is 0. The van der Waals surface area contributed by atoms with Gasteiger partial charge in [0.05, 0.1) is 13.2 Å². The molecule has 114 valence electrons. The maximum Gasteiger partial charge on any atom is 0.146 e. The van der Waals surface area contributed by atoms with Crippen molar-refractivity contribution < 1.29 is 13.9 Å². The molecule has 4 nitrogen and oxygen atoms in total. The molecule has 0 atom stereocenters. The van der Waals surface area contributed by atoms with Crippen molar-refractivity contribution in [3.63, 3.8) is 0 Å². The highest BCUT2D eigenvalue weighted by Gasteiger charge is 2.07. The van der Waals surface area contributed by atoms with E-state index in [-0.39, 0.29) is 0 Å². The number of rotatable bonds is 8. The second-order valence-electron chi connectivity index (χ2n) is 4.79. The van der Waals surface area contributed by atoms with Gasteiger partial charge >= 0.3 is 0 Å². The van der Waals surface area contributed by atoms with Gasteiger partial charge in [-0.15, -0.1) is 0 Å². The van der Waals surface area contributed by atoms with Gasteiger partial charge in [0, 0.05) is 0 Å². The summed E-state index contributed by atoms with van der Waals surface area (Å²) >= 11 is 0. The van der Waals surface area contributed by atoms with Crippen molar-refractivity contribution in [2.75, 3.05) is 13.2 Å².